The van der Waals surface area contributed by atoms with Crippen molar-refractivity contribution in [2.45, 2.75) is 38.8 Å². The normalized spacial score (nSPS) is 10.9. The van der Waals surface area contributed by atoms with Crippen LogP contribution in [0.5, 0.6) is 0 Å². The number of H-pyrrole nitrogens is 1. The summed E-state index contributed by atoms with van der Waals surface area (Å²) in [6, 6.07) is 0. The molecule has 0 aliphatic rings. The van der Waals surface area contributed by atoms with E-state index in [1.54, 1.807) is 11.8 Å². The van der Waals surface area contributed by atoms with E-state index >= 15 is 0 Å². The van der Waals surface area contributed by atoms with Crippen molar-refractivity contribution < 1.29 is 0 Å². The molecule has 78 valence electrons. The SMILES string of the molecule is CCSc1nc(C)c(C(C)C)c(=O)[nH]1. The second-order valence-electron chi connectivity index (χ2n) is 3.46. The molecule has 0 saturated heterocycles. The molecule has 0 bridgehead atoms. The molecule has 0 fully saturated rings. The first-order valence-corrected chi connectivity index (χ1v) is 5.78. The van der Waals surface area contributed by atoms with Gasteiger partial charge in [0.1, 0.15) is 0 Å². The van der Waals surface area contributed by atoms with E-state index in [9.17, 15) is 4.79 Å². The van der Waals surface area contributed by atoms with Crippen molar-refractivity contribution in [2.75, 3.05) is 5.75 Å². The van der Waals surface area contributed by atoms with Crippen LogP contribution in [0.4, 0.5) is 0 Å². The summed E-state index contributed by atoms with van der Waals surface area (Å²) in [4.78, 5) is 18.8. The first-order valence-electron chi connectivity index (χ1n) is 4.79. The molecule has 4 heteroatoms. The highest BCUT2D eigenvalue weighted by atomic mass is 32.2. The van der Waals surface area contributed by atoms with Crippen LogP contribution in [-0.4, -0.2) is 15.7 Å². The molecule has 1 N–H and O–H groups in total. The number of aromatic amines is 1. The van der Waals surface area contributed by atoms with E-state index in [4.69, 9.17) is 0 Å². The van der Waals surface area contributed by atoms with Crippen LogP contribution in [0.2, 0.25) is 0 Å². The maximum Gasteiger partial charge on any atom is 0.255 e. The second kappa shape index (κ2) is 4.64. The van der Waals surface area contributed by atoms with Crippen LogP contribution in [0, 0.1) is 6.92 Å². The molecule has 0 spiro atoms. The Kier molecular flexibility index (Phi) is 3.75. The quantitative estimate of drug-likeness (QED) is 0.617. The summed E-state index contributed by atoms with van der Waals surface area (Å²) >= 11 is 1.56. The number of nitrogens with one attached hydrogen (secondary N) is 1. The Bertz CT molecular complexity index is 371. The zero-order valence-corrected chi connectivity index (χ0v) is 9.86. The summed E-state index contributed by atoms with van der Waals surface area (Å²) < 4.78 is 0. The summed E-state index contributed by atoms with van der Waals surface area (Å²) in [6.45, 7) is 7.94. The Balaban J connectivity index is 3.19. The monoisotopic (exact) mass is 212 g/mol. The van der Waals surface area contributed by atoms with Crippen LogP contribution >= 0.6 is 11.8 Å². The lowest BCUT2D eigenvalue weighted by Crippen LogP contribution is -2.18. The van der Waals surface area contributed by atoms with Crippen LogP contribution in [0.15, 0.2) is 9.95 Å². The van der Waals surface area contributed by atoms with E-state index in [0.717, 1.165) is 22.2 Å². The highest BCUT2D eigenvalue weighted by Gasteiger charge is 2.10. The van der Waals surface area contributed by atoms with Gasteiger partial charge >= 0.3 is 0 Å². The average Bonchev–Trinajstić information content (AvgIpc) is 2.01. The molecule has 0 aliphatic carbocycles. The highest BCUT2D eigenvalue weighted by Crippen LogP contribution is 2.16. The van der Waals surface area contributed by atoms with Gasteiger partial charge in [-0.15, -0.1) is 0 Å². The van der Waals surface area contributed by atoms with Crippen molar-refractivity contribution in [3.8, 4) is 0 Å². The lowest BCUT2D eigenvalue weighted by atomic mass is 10.0. The molecule has 0 unspecified atom stereocenters. The van der Waals surface area contributed by atoms with Crippen LogP contribution in [0.25, 0.3) is 0 Å². The number of hydrogen-bond donors (Lipinski definition) is 1. The molecular formula is C10H16N2OS. The largest absolute Gasteiger partial charge is 0.301 e. The third kappa shape index (κ3) is 2.38. The van der Waals surface area contributed by atoms with Crippen molar-refractivity contribution in [3.63, 3.8) is 0 Å². The maximum absolute atomic E-state index is 11.7. The van der Waals surface area contributed by atoms with E-state index in [1.165, 1.54) is 0 Å². The minimum atomic E-state index is 0.00319. The van der Waals surface area contributed by atoms with Gasteiger partial charge in [-0.3, -0.25) is 4.79 Å². The lowest BCUT2D eigenvalue weighted by Gasteiger charge is -2.08. The lowest BCUT2D eigenvalue weighted by molar-refractivity contribution is 0.778. The van der Waals surface area contributed by atoms with E-state index in [2.05, 4.69) is 9.97 Å². The molecular weight excluding hydrogens is 196 g/mol. The zero-order valence-electron chi connectivity index (χ0n) is 9.05. The van der Waals surface area contributed by atoms with Gasteiger partial charge in [0.25, 0.3) is 5.56 Å². The number of nitrogens with zero attached hydrogens (tertiary/aromatic N) is 1. The molecule has 0 amide bonds. The predicted molar refractivity (Wildman–Crippen MR) is 60.1 cm³/mol. The third-order valence-electron chi connectivity index (χ3n) is 1.98. The summed E-state index contributed by atoms with van der Waals surface area (Å²) in [5.74, 6) is 1.15. The van der Waals surface area contributed by atoms with Crippen molar-refractivity contribution >= 4 is 11.8 Å². The molecule has 0 aromatic carbocycles. The average molecular weight is 212 g/mol. The van der Waals surface area contributed by atoms with E-state index in [1.807, 2.05) is 27.7 Å². The smallest absolute Gasteiger partial charge is 0.255 e. The molecule has 14 heavy (non-hydrogen) atoms. The van der Waals surface area contributed by atoms with Crippen molar-refractivity contribution in [3.05, 3.63) is 21.6 Å². The standard InChI is InChI=1S/C10H16N2OS/c1-5-14-10-11-7(4)8(6(2)3)9(13)12-10/h6H,5H2,1-4H3,(H,11,12,13). The first kappa shape index (κ1) is 11.3. The Morgan fingerprint density at radius 1 is 1.50 bits per heavy atom. The molecule has 1 heterocycles. The number of rotatable bonds is 3. The Morgan fingerprint density at radius 3 is 2.57 bits per heavy atom. The predicted octanol–water partition coefficient (Wildman–Crippen LogP) is 2.31. The fourth-order valence-electron chi connectivity index (χ4n) is 1.45. The van der Waals surface area contributed by atoms with Crippen LogP contribution in [-0.2, 0) is 0 Å². The first-order chi connectivity index (χ1) is 6.56. The molecule has 1 aromatic heterocycles. The van der Waals surface area contributed by atoms with Gasteiger partial charge in [-0.1, -0.05) is 32.5 Å². The number of hydrogen-bond acceptors (Lipinski definition) is 3. The third-order valence-corrected chi connectivity index (χ3v) is 2.74. The van der Waals surface area contributed by atoms with Crippen LogP contribution < -0.4 is 5.56 Å². The number of aromatic nitrogens is 2. The maximum atomic E-state index is 11.7. The second-order valence-corrected chi connectivity index (χ2v) is 4.71. The van der Waals surface area contributed by atoms with Crippen LogP contribution in [0.1, 0.15) is 37.9 Å². The highest BCUT2D eigenvalue weighted by molar-refractivity contribution is 7.99. The van der Waals surface area contributed by atoms with Gasteiger partial charge in [-0.25, -0.2) is 4.98 Å². The molecule has 1 aromatic rings. The Morgan fingerprint density at radius 2 is 2.14 bits per heavy atom. The van der Waals surface area contributed by atoms with Gasteiger partial charge < -0.3 is 4.98 Å². The van der Waals surface area contributed by atoms with Gasteiger partial charge in [0.05, 0.1) is 0 Å². The van der Waals surface area contributed by atoms with E-state index in [0.29, 0.717) is 0 Å². The topological polar surface area (TPSA) is 45.8 Å². The molecule has 0 atom stereocenters. The molecule has 1 rings (SSSR count). The summed E-state index contributed by atoms with van der Waals surface area (Å²) in [6.07, 6.45) is 0. The molecule has 0 aliphatic heterocycles. The number of aryl methyl sites for hydroxylation is 1. The van der Waals surface area contributed by atoms with Crippen molar-refractivity contribution in [2.24, 2.45) is 0 Å². The molecule has 3 nitrogen and oxygen atoms in total. The van der Waals surface area contributed by atoms with Gasteiger partial charge in [0.2, 0.25) is 0 Å². The van der Waals surface area contributed by atoms with Crippen LogP contribution in [0.3, 0.4) is 0 Å². The van der Waals surface area contributed by atoms with Crippen molar-refractivity contribution in [1.29, 1.82) is 0 Å². The minimum Gasteiger partial charge on any atom is -0.301 e. The fourth-order valence-corrected chi connectivity index (χ4v) is 2.09. The Hall–Kier alpha value is -0.770. The summed E-state index contributed by atoms with van der Waals surface area (Å²) in [5.41, 5.74) is 1.65. The van der Waals surface area contributed by atoms with Gasteiger partial charge in [-0.05, 0) is 18.6 Å². The summed E-state index contributed by atoms with van der Waals surface area (Å²) in [5, 5.41) is 0.722. The Labute approximate surface area is 88.3 Å². The van der Waals surface area contributed by atoms with Crippen molar-refractivity contribution in [1.82, 2.24) is 9.97 Å². The summed E-state index contributed by atoms with van der Waals surface area (Å²) in [7, 11) is 0. The van der Waals surface area contributed by atoms with E-state index in [-0.39, 0.29) is 11.5 Å². The molecule has 0 saturated carbocycles. The minimum absolute atomic E-state index is 0.00319. The zero-order chi connectivity index (χ0) is 10.7. The van der Waals surface area contributed by atoms with E-state index < -0.39 is 0 Å². The van der Waals surface area contributed by atoms with Gasteiger partial charge in [0.15, 0.2) is 5.16 Å². The van der Waals surface area contributed by atoms with Gasteiger partial charge in [-0.2, -0.15) is 0 Å². The number of thioether (sulfide) groups is 1. The molecule has 0 radical (unpaired) electrons. The van der Waals surface area contributed by atoms with Gasteiger partial charge in [0, 0.05) is 11.3 Å². The fraction of sp³-hybridized carbons (Fsp3) is 0.600.